The first-order chi connectivity index (χ1) is 10.2. The van der Waals surface area contributed by atoms with Gasteiger partial charge in [0.05, 0.1) is 19.8 Å². The first-order valence-electron chi connectivity index (χ1n) is 6.94. The molecule has 3 rings (SSSR count). The smallest absolute Gasteiger partial charge is 0.165 e. The van der Waals surface area contributed by atoms with Crippen molar-refractivity contribution in [3.05, 3.63) is 35.7 Å². The molecular weight excluding hydrogens is 270 g/mol. The summed E-state index contributed by atoms with van der Waals surface area (Å²) in [6, 6.07) is 8.12. The summed E-state index contributed by atoms with van der Waals surface area (Å²) >= 11 is 0. The van der Waals surface area contributed by atoms with Crippen LogP contribution in [0.5, 0.6) is 5.75 Å². The molecule has 0 radical (unpaired) electrons. The molecule has 1 aromatic carbocycles. The minimum absolute atomic E-state index is 0.145. The van der Waals surface area contributed by atoms with Crippen LogP contribution in [-0.2, 0) is 13.6 Å². The molecule has 1 saturated heterocycles. The van der Waals surface area contributed by atoms with Gasteiger partial charge in [0.1, 0.15) is 5.75 Å². The Morgan fingerprint density at radius 2 is 2.29 bits per heavy atom. The number of aliphatic hydroxyl groups is 1. The van der Waals surface area contributed by atoms with Crippen LogP contribution in [0.25, 0.3) is 0 Å². The highest BCUT2D eigenvalue weighted by Gasteiger charge is 2.33. The predicted octanol–water partition coefficient (Wildman–Crippen LogP) is 0.527. The van der Waals surface area contributed by atoms with Gasteiger partial charge < -0.3 is 9.84 Å². The van der Waals surface area contributed by atoms with Gasteiger partial charge in [0, 0.05) is 19.6 Å². The Bertz CT molecular complexity index is 615. The number of rotatable bonds is 4. The molecule has 0 bridgehead atoms. The maximum absolute atomic E-state index is 10.0. The number of β-amino-alcohol motifs (C(OH)–C–C–N with tert-alkyl or cyclic N) is 1. The molecule has 1 fully saturated rings. The standard InChI is InChI=1S/C14H19N5O2/c1-18-14(15-16-17-18)9-19-8-11(20)7-13(19)10-4-3-5-12(6-10)21-2/h3-6,11,13,20H,7-9H2,1-2H3/t11-,13-/m0/s1. The molecule has 0 amide bonds. The normalized spacial score (nSPS) is 22.6. The van der Waals surface area contributed by atoms with E-state index < -0.39 is 0 Å². The molecule has 1 aromatic heterocycles. The number of hydrogen-bond donors (Lipinski definition) is 1. The third-order valence-electron chi connectivity index (χ3n) is 3.91. The SMILES string of the molecule is COc1cccc([C@@H]2C[C@H](O)CN2Cc2nnnn2C)c1. The van der Waals surface area contributed by atoms with E-state index in [4.69, 9.17) is 4.74 Å². The summed E-state index contributed by atoms with van der Waals surface area (Å²) in [4.78, 5) is 2.20. The van der Waals surface area contributed by atoms with Crippen molar-refractivity contribution in [1.82, 2.24) is 25.1 Å². The van der Waals surface area contributed by atoms with Crippen LogP contribution in [0.15, 0.2) is 24.3 Å². The highest BCUT2D eigenvalue weighted by atomic mass is 16.5. The van der Waals surface area contributed by atoms with E-state index >= 15 is 0 Å². The van der Waals surface area contributed by atoms with Gasteiger partial charge in [0.15, 0.2) is 5.82 Å². The van der Waals surface area contributed by atoms with Crippen LogP contribution in [-0.4, -0.2) is 50.0 Å². The first-order valence-corrected chi connectivity index (χ1v) is 6.94. The van der Waals surface area contributed by atoms with Crippen LogP contribution in [0.1, 0.15) is 23.9 Å². The van der Waals surface area contributed by atoms with E-state index in [0.717, 1.165) is 17.1 Å². The lowest BCUT2D eigenvalue weighted by atomic mass is 10.0. The van der Waals surface area contributed by atoms with Crippen molar-refractivity contribution >= 4 is 0 Å². The molecule has 1 aliphatic heterocycles. The Morgan fingerprint density at radius 1 is 1.43 bits per heavy atom. The Morgan fingerprint density at radius 3 is 3.00 bits per heavy atom. The van der Waals surface area contributed by atoms with Crippen molar-refractivity contribution in [3.8, 4) is 5.75 Å². The molecule has 0 spiro atoms. The first kappa shape index (κ1) is 14.0. The van der Waals surface area contributed by atoms with Crippen molar-refractivity contribution in [1.29, 1.82) is 0 Å². The number of likely N-dealkylation sites (tertiary alicyclic amines) is 1. The fourth-order valence-electron chi connectivity index (χ4n) is 2.81. The molecule has 0 unspecified atom stereocenters. The third-order valence-corrected chi connectivity index (χ3v) is 3.91. The van der Waals surface area contributed by atoms with E-state index in [9.17, 15) is 5.11 Å². The van der Waals surface area contributed by atoms with E-state index in [1.54, 1.807) is 11.8 Å². The second-order valence-electron chi connectivity index (χ2n) is 5.33. The Hall–Kier alpha value is -1.99. The van der Waals surface area contributed by atoms with Gasteiger partial charge in [0.2, 0.25) is 0 Å². The Labute approximate surface area is 123 Å². The van der Waals surface area contributed by atoms with Gasteiger partial charge in [-0.2, -0.15) is 0 Å². The topological polar surface area (TPSA) is 76.3 Å². The van der Waals surface area contributed by atoms with Crippen LogP contribution < -0.4 is 4.74 Å². The Balaban J connectivity index is 1.83. The van der Waals surface area contributed by atoms with Gasteiger partial charge in [-0.15, -0.1) is 5.10 Å². The molecule has 0 saturated carbocycles. The second kappa shape index (κ2) is 5.79. The lowest BCUT2D eigenvalue weighted by Crippen LogP contribution is -2.26. The van der Waals surface area contributed by atoms with Crippen molar-refractivity contribution in [3.63, 3.8) is 0 Å². The van der Waals surface area contributed by atoms with E-state index in [2.05, 4.69) is 26.5 Å². The number of aromatic nitrogens is 4. The maximum Gasteiger partial charge on any atom is 0.165 e. The minimum Gasteiger partial charge on any atom is -0.497 e. The van der Waals surface area contributed by atoms with Gasteiger partial charge >= 0.3 is 0 Å². The van der Waals surface area contributed by atoms with E-state index in [-0.39, 0.29) is 12.1 Å². The zero-order valence-electron chi connectivity index (χ0n) is 12.2. The van der Waals surface area contributed by atoms with Crippen LogP contribution >= 0.6 is 0 Å². The van der Waals surface area contributed by atoms with Crippen LogP contribution in [0, 0.1) is 0 Å². The third kappa shape index (κ3) is 2.88. The molecule has 112 valence electrons. The molecule has 2 aromatic rings. The fraction of sp³-hybridized carbons (Fsp3) is 0.500. The lowest BCUT2D eigenvalue weighted by molar-refractivity contribution is 0.170. The van der Waals surface area contributed by atoms with E-state index in [1.807, 2.05) is 25.2 Å². The number of benzene rings is 1. The van der Waals surface area contributed by atoms with Crippen LogP contribution in [0.2, 0.25) is 0 Å². The molecular formula is C14H19N5O2. The zero-order valence-corrected chi connectivity index (χ0v) is 12.2. The van der Waals surface area contributed by atoms with E-state index in [0.29, 0.717) is 19.5 Å². The predicted molar refractivity (Wildman–Crippen MR) is 75.6 cm³/mol. The highest BCUT2D eigenvalue weighted by Crippen LogP contribution is 2.34. The highest BCUT2D eigenvalue weighted by molar-refractivity contribution is 5.31. The van der Waals surface area contributed by atoms with Crippen molar-refractivity contribution in [2.45, 2.75) is 25.1 Å². The summed E-state index contributed by atoms with van der Waals surface area (Å²) in [6.45, 7) is 1.23. The molecule has 2 heterocycles. The van der Waals surface area contributed by atoms with E-state index in [1.165, 1.54) is 0 Å². The quantitative estimate of drug-likeness (QED) is 0.884. The summed E-state index contributed by atoms with van der Waals surface area (Å²) in [5.74, 6) is 1.62. The summed E-state index contributed by atoms with van der Waals surface area (Å²) in [6.07, 6.45) is 0.376. The fourth-order valence-corrected chi connectivity index (χ4v) is 2.81. The van der Waals surface area contributed by atoms with Crippen LogP contribution in [0.3, 0.4) is 0 Å². The lowest BCUT2D eigenvalue weighted by Gasteiger charge is -2.23. The molecule has 2 atom stereocenters. The van der Waals surface area contributed by atoms with Gasteiger partial charge in [-0.05, 0) is 34.5 Å². The van der Waals surface area contributed by atoms with Gasteiger partial charge in [-0.1, -0.05) is 12.1 Å². The number of aliphatic hydroxyl groups excluding tert-OH is 1. The summed E-state index contributed by atoms with van der Waals surface area (Å²) in [5, 5.41) is 21.6. The average molecular weight is 289 g/mol. The van der Waals surface area contributed by atoms with Gasteiger partial charge in [-0.3, -0.25) is 4.90 Å². The number of ether oxygens (including phenoxy) is 1. The molecule has 1 aliphatic rings. The number of hydrogen-bond acceptors (Lipinski definition) is 6. The number of nitrogens with zero attached hydrogens (tertiary/aromatic N) is 5. The molecule has 21 heavy (non-hydrogen) atoms. The maximum atomic E-state index is 10.0. The summed E-state index contributed by atoms with van der Waals surface area (Å²) in [7, 11) is 3.48. The van der Waals surface area contributed by atoms with Gasteiger partial charge in [0.25, 0.3) is 0 Å². The number of aryl methyl sites for hydroxylation is 1. The molecule has 7 nitrogen and oxygen atoms in total. The summed E-state index contributed by atoms with van der Waals surface area (Å²) in [5.41, 5.74) is 1.14. The van der Waals surface area contributed by atoms with Crippen molar-refractivity contribution in [2.24, 2.45) is 7.05 Å². The average Bonchev–Trinajstić information content (AvgIpc) is 3.06. The number of tetrazole rings is 1. The van der Waals surface area contributed by atoms with Crippen molar-refractivity contribution in [2.75, 3.05) is 13.7 Å². The summed E-state index contributed by atoms with van der Waals surface area (Å²) < 4.78 is 6.94. The largest absolute Gasteiger partial charge is 0.497 e. The minimum atomic E-state index is -0.331. The number of methoxy groups -OCH3 is 1. The molecule has 7 heteroatoms. The van der Waals surface area contributed by atoms with Gasteiger partial charge in [-0.25, -0.2) is 4.68 Å². The molecule has 0 aliphatic carbocycles. The molecule has 1 N–H and O–H groups in total. The monoisotopic (exact) mass is 289 g/mol. The zero-order chi connectivity index (χ0) is 14.8. The second-order valence-corrected chi connectivity index (χ2v) is 5.33. The van der Waals surface area contributed by atoms with Crippen LogP contribution in [0.4, 0.5) is 0 Å². The Kier molecular flexibility index (Phi) is 3.85. The van der Waals surface area contributed by atoms with Crippen molar-refractivity contribution < 1.29 is 9.84 Å².